The van der Waals surface area contributed by atoms with Crippen molar-refractivity contribution in [3.63, 3.8) is 0 Å². The quantitative estimate of drug-likeness (QED) is 0.505. The standard InChI is InChI=1S/C24H21F2N3O3/c1-3-12-6-14(26)8-18-16(12)9-19(27-18)24(31)29(2)21-11-32-10-20-22(21)15-5-4-13(25)7-17(15)23(30)28-20/h4-9,21,27H,3,10-11H2,1-2H3,(H,28,30). The van der Waals surface area contributed by atoms with E-state index in [1.807, 2.05) is 6.92 Å². The van der Waals surface area contributed by atoms with Crippen LogP contribution in [0.4, 0.5) is 8.78 Å². The van der Waals surface area contributed by atoms with Gasteiger partial charge >= 0.3 is 0 Å². The van der Waals surface area contributed by atoms with Gasteiger partial charge in [0.2, 0.25) is 0 Å². The van der Waals surface area contributed by atoms with Crippen molar-refractivity contribution >= 4 is 27.6 Å². The summed E-state index contributed by atoms with van der Waals surface area (Å²) in [4.78, 5) is 33.1. The number of aryl methyl sites for hydroxylation is 1. The molecule has 0 radical (unpaired) electrons. The molecule has 1 atom stereocenters. The Bertz CT molecular complexity index is 1440. The van der Waals surface area contributed by atoms with Crippen molar-refractivity contribution < 1.29 is 18.3 Å². The first-order valence-electron chi connectivity index (χ1n) is 10.4. The molecule has 1 aliphatic rings. The topological polar surface area (TPSA) is 78.2 Å². The van der Waals surface area contributed by atoms with Gasteiger partial charge in [-0.15, -0.1) is 0 Å². The van der Waals surface area contributed by atoms with E-state index in [0.717, 1.165) is 16.5 Å². The Kier molecular flexibility index (Phi) is 4.82. The van der Waals surface area contributed by atoms with E-state index in [4.69, 9.17) is 4.74 Å². The Morgan fingerprint density at radius 3 is 2.69 bits per heavy atom. The summed E-state index contributed by atoms with van der Waals surface area (Å²) in [6.45, 7) is 2.35. The number of amides is 1. The third kappa shape index (κ3) is 3.18. The smallest absolute Gasteiger partial charge is 0.270 e. The SMILES string of the molecule is CCc1cc(F)cc2[nH]c(C(=O)N(C)C3COCc4[nH]c(=O)c5cc(F)ccc5c43)cc12. The van der Waals surface area contributed by atoms with Crippen LogP contribution < -0.4 is 5.56 Å². The summed E-state index contributed by atoms with van der Waals surface area (Å²) in [6, 6.07) is 8.14. The van der Waals surface area contributed by atoms with Gasteiger partial charge in [0.25, 0.3) is 11.5 Å². The number of carbonyl (C=O) groups excluding carboxylic acids is 1. The molecule has 2 aromatic heterocycles. The van der Waals surface area contributed by atoms with Crippen LogP contribution in [-0.2, 0) is 17.8 Å². The maximum atomic E-state index is 13.9. The summed E-state index contributed by atoms with van der Waals surface area (Å²) in [6.07, 6.45) is 0.634. The molecule has 1 amide bonds. The molecule has 2 aromatic carbocycles. The number of nitrogens with zero attached hydrogens (tertiary/aromatic N) is 1. The van der Waals surface area contributed by atoms with Crippen molar-refractivity contribution in [2.75, 3.05) is 13.7 Å². The number of fused-ring (bicyclic) bond motifs is 4. The second-order valence-corrected chi connectivity index (χ2v) is 8.05. The predicted molar refractivity (Wildman–Crippen MR) is 117 cm³/mol. The van der Waals surface area contributed by atoms with Crippen molar-refractivity contribution in [2.24, 2.45) is 0 Å². The van der Waals surface area contributed by atoms with Crippen LogP contribution in [0.3, 0.4) is 0 Å². The molecule has 4 aromatic rings. The monoisotopic (exact) mass is 437 g/mol. The number of aromatic nitrogens is 2. The highest BCUT2D eigenvalue weighted by atomic mass is 19.1. The molecule has 0 saturated heterocycles. The molecule has 32 heavy (non-hydrogen) atoms. The maximum Gasteiger partial charge on any atom is 0.270 e. The van der Waals surface area contributed by atoms with E-state index in [9.17, 15) is 18.4 Å². The molecule has 1 unspecified atom stereocenters. The Balaban J connectivity index is 1.59. The molecule has 5 rings (SSSR count). The lowest BCUT2D eigenvalue weighted by molar-refractivity contribution is 0.0333. The van der Waals surface area contributed by atoms with Crippen LogP contribution in [0.15, 0.2) is 41.2 Å². The lowest BCUT2D eigenvalue weighted by Crippen LogP contribution is -2.37. The minimum Gasteiger partial charge on any atom is -0.373 e. The van der Waals surface area contributed by atoms with Gasteiger partial charge in [-0.05, 0) is 47.7 Å². The van der Waals surface area contributed by atoms with Gasteiger partial charge in [-0.3, -0.25) is 9.59 Å². The van der Waals surface area contributed by atoms with Gasteiger partial charge in [0.05, 0.1) is 24.6 Å². The molecule has 0 spiro atoms. The van der Waals surface area contributed by atoms with Crippen molar-refractivity contribution in [1.29, 1.82) is 0 Å². The highest BCUT2D eigenvalue weighted by Crippen LogP contribution is 2.34. The van der Waals surface area contributed by atoms with Crippen molar-refractivity contribution in [3.8, 4) is 0 Å². The van der Waals surface area contributed by atoms with Crippen molar-refractivity contribution in [1.82, 2.24) is 14.9 Å². The van der Waals surface area contributed by atoms with Gasteiger partial charge in [0, 0.05) is 29.2 Å². The fourth-order valence-electron chi connectivity index (χ4n) is 4.54. The predicted octanol–water partition coefficient (Wildman–Crippen LogP) is 4.19. The van der Waals surface area contributed by atoms with Gasteiger partial charge in [-0.1, -0.05) is 13.0 Å². The van der Waals surface area contributed by atoms with Crippen LogP contribution in [0.25, 0.3) is 21.7 Å². The molecule has 6 nitrogen and oxygen atoms in total. The molecular weight excluding hydrogens is 416 g/mol. The molecule has 8 heteroatoms. The third-order valence-corrected chi connectivity index (χ3v) is 6.15. The molecule has 0 saturated carbocycles. The Labute approximate surface area is 181 Å². The van der Waals surface area contributed by atoms with Crippen LogP contribution in [0.2, 0.25) is 0 Å². The first kappa shape index (κ1) is 20.4. The lowest BCUT2D eigenvalue weighted by Gasteiger charge is -2.33. The number of likely N-dealkylation sites (N-methyl/N-ethyl adjacent to an activating group) is 1. The molecule has 1 aliphatic heterocycles. The van der Waals surface area contributed by atoms with Gasteiger partial charge in [0.1, 0.15) is 17.3 Å². The first-order valence-corrected chi connectivity index (χ1v) is 10.4. The van der Waals surface area contributed by atoms with Crippen LogP contribution in [-0.4, -0.2) is 34.4 Å². The number of halogens is 2. The number of hydrogen-bond donors (Lipinski definition) is 2. The van der Waals surface area contributed by atoms with E-state index in [-0.39, 0.29) is 30.3 Å². The van der Waals surface area contributed by atoms with Crippen molar-refractivity contribution in [2.45, 2.75) is 26.0 Å². The number of ether oxygens (including phenoxy) is 1. The number of benzene rings is 2. The average molecular weight is 437 g/mol. The van der Waals surface area contributed by atoms with E-state index < -0.39 is 17.4 Å². The number of nitrogens with one attached hydrogen (secondary N) is 2. The number of pyridine rings is 1. The van der Waals surface area contributed by atoms with E-state index in [1.54, 1.807) is 19.2 Å². The second-order valence-electron chi connectivity index (χ2n) is 8.05. The maximum absolute atomic E-state index is 13.9. The van der Waals surface area contributed by atoms with E-state index in [2.05, 4.69) is 9.97 Å². The molecule has 3 heterocycles. The van der Waals surface area contributed by atoms with Gasteiger partial charge in [-0.25, -0.2) is 8.78 Å². The normalized spacial score (nSPS) is 15.8. The van der Waals surface area contributed by atoms with Crippen LogP contribution >= 0.6 is 0 Å². The van der Waals surface area contributed by atoms with E-state index in [0.29, 0.717) is 28.7 Å². The largest absolute Gasteiger partial charge is 0.373 e. The first-order chi connectivity index (χ1) is 15.4. The van der Waals surface area contributed by atoms with Gasteiger partial charge in [0.15, 0.2) is 0 Å². The van der Waals surface area contributed by atoms with Crippen molar-refractivity contribution in [3.05, 3.63) is 80.9 Å². The molecule has 2 N–H and O–H groups in total. The fourth-order valence-corrected chi connectivity index (χ4v) is 4.54. The summed E-state index contributed by atoms with van der Waals surface area (Å²) in [7, 11) is 1.65. The van der Waals surface area contributed by atoms with Gasteiger partial charge in [-0.2, -0.15) is 0 Å². The highest BCUT2D eigenvalue weighted by Gasteiger charge is 2.31. The fraction of sp³-hybridized carbons (Fsp3) is 0.250. The Morgan fingerprint density at radius 2 is 1.91 bits per heavy atom. The van der Waals surface area contributed by atoms with Crippen LogP contribution in [0, 0.1) is 11.6 Å². The third-order valence-electron chi connectivity index (χ3n) is 6.15. The highest BCUT2D eigenvalue weighted by molar-refractivity contribution is 5.99. The number of carbonyl (C=O) groups is 1. The minimum atomic E-state index is -0.506. The molecular formula is C24H21F2N3O3. The number of H-pyrrole nitrogens is 2. The zero-order valence-electron chi connectivity index (χ0n) is 17.6. The minimum absolute atomic E-state index is 0.196. The molecule has 164 valence electrons. The van der Waals surface area contributed by atoms with Crippen LogP contribution in [0.1, 0.15) is 40.3 Å². The average Bonchev–Trinajstić information content (AvgIpc) is 3.21. The lowest BCUT2D eigenvalue weighted by atomic mass is 9.95. The number of aromatic amines is 2. The number of hydrogen-bond acceptors (Lipinski definition) is 3. The van der Waals surface area contributed by atoms with E-state index in [1.165, 1.54) is 29.2 Å². The van der Waals surface area contributed by atoms with E-state index >= 15 is 0 Å². The Hall–Kier alpha value is -3.52. The van der Waals surface area contributed by atoms with Gasteiger partial charge < -0.3 is 19.6 Å². The molecule has 0 fully saturated rings. The zero-order valence-corrected chi connectivity index (χ0v) is 17.6. The molecule has 0 aliphatic carbocycles. The van der Waals surface area contributed by atoms with Crippen LogP contribution in [0.5, 0.6) is 0 Å². The molecule has 0 bridgehead atoms. The summed E-state index contributed by atoms with van der Waals surface area (Å²) in [5.74, 6) is -1.17. The summed E-state index contributed by atoms with van der Waals surface area (Å²) < 4.78 is 33.4. The summed E-state index contributed by atoms with van der Waals surface area (Å²) >= 11 is 0. The summed E-state index contributed by atoms with van der Waals surface area (Å²) in [5, 5.41) is 1.62. The summed E-state index contributed by atoms with van der Waals surface area (Å²) in [5.41, 5.74) is 2.60. The Morgan fingerprint density at radius 1 is 1.09 bits per heavy atom. The zero-order chi connectivity index (χ0) is 22.6. The number of rotatable bonds is 3. The second kappa shape index (κ2) is 7.56.